The van der Waals surface area contributed by atoms with Gasteiger partial charge >= 0.3 is 6.18 Å². The smallest absolute Gasteiger partial charge is 0.416 e. The summed E-state index contributed by atoms with van der Waals surface area (Å²) in [4.78, 5) is 0. The maximum absolute atomic E-state index is 14.2. The van der Waals surface area contributed by atoms with Gasteiger partial charge in [0.1, 0.15) is 17.8 Å². The van der Waals surface area contributed by atoms with E-state index >= 15 is 0 Å². The van der Waals surface area contributed by atoms with Crippen LogP contribution in [0.4, 0.5) is 17.6 Å². The van der Waals surface area contributed by atoms with Gasteiger partial charge in [-0.15, -0.1) is 0 Å². The predicted molar refractivity (Wildman–Crippen MR) is 98.5 cm³/mol. The van der Waals surface area contributed by atoms with Crippen LogP contribution in [-0.4, -0.2) is 16.3 Å². The van der Waals surface area contributed by atoms with Crippen LogP contribution in [0.15, 0.2) is 36.6 Å². The van der Waals surface area contributed by atoms with Crippen molar-refractivity contribution < 1.29 is 32.5 Å². The molecule has 0 radical (unpaired) electrons. The van der Waals surface area contributed by atoms with Gasteiger partial charge in [-0.05, 0) is 59.4 Å². The first-order chi connectivity index (χ1) is 14.1. The average Bonchev–Trinajstić information content (AvgIpc) is 3.27. The highest BCUT2D eigenvalue weighted by atomic mass is 35.5. The second-order valence-electron chi connectivity index (χ2n) is 7.31. The summed E-state index contributed by atoms with van der Waals surface area (Å²) in [5.74, 6) is -4.58. The largest absolute Gasteiger partial charge is 0.508 e. The van der Waals surface area contributed by atoms with Crippen LogP contribution in [0.3, 0.4) is 0 Å². The minimum Gasteiger partial charge on any atom is -0.508 e. The van der Waals surface area contributed by atoms with Gasteiger partial charge in [0.25, 0.3) is 0 Å². The van der Waals surface area contributed by atoms with Gasteiger partial charge in [-0.3, -0.25) is 0 Å². The molecule has 0 fully saturated rings. The van der Waals surface area contributed by atoms with E-state index in [4.69, 9.17) is 16.3 Å². The number of phenolic OH excluding ortho intramolecular Hbond substituents is 2. The van der Waals surface area contributed by atoms with Crippen LogP contribution in [0, 0.1) is 23.1 Å². The van der Waals surface area contributed by atoms with Crippen LogP contribution in [0.25, 0.3) is 0 Å². The molecule has 30 heavy (non-hydrogen) atoms. The molecule has 1 aliphatic heterocycles. The van der Waals surface area contributed by atoms with Crippen molar-refractivity contribution in [3.63, 3.8) is 0 Å². The Balaban J connectivity index is 1.91. The lowest BCUT2D eigenvalue weighted by Gasteiger charge is -2.28. The molecule has 4 nitrogen and oxygen atoms in total. The highest BCUT2D eigenvalue weighted by Gasteiger charge is 2.48. The lowest BCUT2D eigenvalue weighted by atomic mass is 9.79. The number of hydrogen-bond donors (Lipinski definition) is 2. The first kappa shape index (κ1) is 20.4. The molecule has 9 heteroatoms. The van der Waals surface area contributed by atoms with E-state index in [1.807, 2.05) is 6.07 Å². The molecule has 0 spiro atoms. The molecule has 2 aromatic rings. The topological polar surface area (TPSA) is 73.5 Å². The SMILES string of the molecule is N#CC1C=COC1C1c2cc(O)cc(C(F)(F)F)c2CC1c1cc(F)c(O)c(Cl)c1. The van der Waals surface area contributed by atoms with Crippen molar-refractivity contribution in [2.45, 2.75) is 30.5 Å². The molecule has 1 aliphatic carbocycles. The fourth-order valence-corrected chi connectivity index (χ4v) is 4.61. The van der Waals surface area contributed by atoms with Crippen molar-refractivity contribution in [2.75, 3.05) is 0 Å². The second-order valence-corrected chi connectivity index (χ2v) is 7.72. The molecule has 2 N–H and O–H groups in total. The molecule has 4 atom stereocenters. The molecular weight excluding hydrogens is 426 g/mol. The van der Waals surface area contributed by atoms with Crippen molar-refractivity contribution in [3.8, 4) is 17.6 Å². The molecule has 1 heterocycles. The van der Waals surface area contributed by atoms with Crippen LogP contribution in [0.2, 0.25) is 5.02 Å². The van der Waals surface area contributed by atoms with Gasteiger partial charge in [0, 0.05) is 5.92 Å². The normalized spacial score (nSPS) is 25.1. The summed E-state index contributed by atoms with van der Waals surface area (Å²) in [6.07, 6.45) is -2.87. The van der Waals surface area contributed by atoms with Crippen molar-refractivity contribution in [3.05, 3.63) is 69.7 Å². The Kier molecular flexibility index (Phi) is 4.82. The van der Waals surface area contributed by atoms with Gasteiger partial charge in [0.2, 0.25) is 0 Å². The Labute approximate surface area is 173 Å². The molecular formula is C21H14ClF4NO3. The van der Waals surface area contributed by atoms with Crippen LogP contribution in [0.5, 0.6) is 11.5 Å². The molecule has 0 amide bonds. The number of rotatable bonds is 2. The summed E-state index contributed by atoms with van der Waals surface area (Å²) >= 11 is 5.90. The lowest BCUT2D eigenvalue weighted by Crippen LogP contribution is -2.27. The van der Waals surface area contributed by atoms with E-state index < -0.39 is 52.9 Å². The molecule has 0 bridgehead atoms. The lowest BCUT2D eigenvalue weighted by molar-refractivity contribution is -0.138. The zero-order chi connectivity index (χ0) is 21.8. The maximum atomic E-state index is 14.2. The first-order valence-corrected chi connectivity index (χ1v) is 9.32. The third-order valence-electron chi connectivity index (χ3n) is 5.64. The monoisotopic (exact) mass is 439 g/mol. The Morgan fingerprint density at radius 2 is 1.90 bits per heavy atom. The molecule has 4 rings (SSSR count). The molecule has 2 aromatic carbocycles. The van der Waals surface area contributed by atoms with E-state index in [1.54, 1.807) is 0 Å². The third kappa shape index (κ3) is 3.23. The molecule has 0 saturated carbocycles. The summed E-state index contributed by atoms with van der Waals surface area (Å²) in [6, 6.07) is 6.23. The fraction of sp³-hybridized carbons (Fsp3) is 0.286. The van der Waals surface area contributed by atoms with Crippen LogP contribution in [-0.2, 0) is 17.3 Å². The minimum absolute atomic E-state index is 0.0490. The number of nitriles is 1. The Bertz CT molecular complexity index is 1070. The van der Waals surface area contributed by atoms with E-state index in [0.29, 0.717) is 6.07 Å². The maximum Gasteiger partial charge on any atom is 0.416 e. The number of benzene rings is 2. The summed E-state index contributed by atoms with van der Waals surface area (Å²) in [7, 11) is 0. The summed E-state index contributed by atoms with van der Waals surface area (Å²) < 4.78 is 60.7. The zero-order valence-electron chi connectivity index (χ0n) is 15.1. The van der Waals surface area contributed by atoms with Crippen LogP contribution >= 0.6 is 11.6 Å². The minimum atomic E-state index is -4.72. The number of fused-ring (bicyclic) bond motifs is 1. The molecule has 0 saturated heterocycles. The van der Waals surface area contributed by atoms with Gasteiger partial charge < -0.3 is 14.9 Å². The number of ether oxygens (including phenoxy) is 1. The van der Waals surface area contributed by atoms with Crippen molar-refractivity contribution in [1.29, 1.82) is 5.26 Å². The predicted octanol–water partition coefficient (Wildman–Crippen LogP) is 5.38. The summed E-state index contributed by atoms with van der Waals surface area (Å²) in [6.45, 7) is 0. The van der Waals surface area contributed by atoms with Crippen molar-refractivity contribution in [2.24, 2.45) is 5.92 Å². The quantitative estimate of drug-likeness (QED) is 0.616. The van der Waals surface area contributed by atoms with E-state index in [1.165, 1.54) is 24.5 Å². The Morgan fingerprint density at radius 3 is 2.53 bits per heavy atom. The van der Waals surface area contributed by atoms with Crippen molar-refractivity contribution >= 4 is 11.6 Å². The third-order valence-corrected chi connectivity index (χ3v) is 5.93. The van der Waals surface area contributed by atoms with Crippen LogP contribution in [0.1, 0.15) is 34.1 Å². The van der Waals surface area contributed by atoms with Gasteiger partial charge in [-0.2, -0.15) is 18.4 Å². The summed E-state index contributed by atoms with van der Waals surface area (Å²) in [5, 5.41) is 28.8. The van der Waals surface area contributed by atoms with Gasteiger partial charge in [0.05, 0.1) is 22.9 Å². The van der Waals surface area contributed by atoms with Gasteiger partial charge in [0.15, 0.2) is 11.6 Å². The molecule has 4 unspecified atom stereocenters. The molecule has 2 aliphatic rings. The standard InChI is InChI=1S/C21H14ClF4NO3/c22-16-3-10(4-17(23)19(16)29)12-7-13-14(5-11(28)6-15(13)21(24,25)26)18(12)20-9(8-27)1-2-30-20/h1-6,9,12,18,20,28-29H,7H2. The number of phenols is 2. The van der Waals surface area contributed by atoms with Crippen LogP contribution < -0.4 is 0 Å². The number of nitrogens with zero attached hydrogens (tertiary/aromatic N) is 1. The van der Waals surface area contributed by atoms with Gasteiger partial charge in [-0.25, -0.2) is 4.39 Å². The number of alkyl halides is 3. The first-order valence-electron chi connectivity index (χ1n) is 8.94. The van der Waals surface area contributed by atoms with E-state index in [9.17, 15) is 33.0 Å². The average molecular weight is 440 g/mol. The van der Waals surface area contributed by atoms with Gasteiger partial charge in [-0.1, -0.05) is 11.6 Å². The fourth-order valence-electron chi connectivity index (χ4n) is 4.39. The van der Waals surface area contributed by atoms with E-state index in [-0.39, 0.29) is 28.1 Å². The summed E-state index contributed by atoms with van der Waals surface area (Å²) in [5.41, 5.74) is -0.593. The number of aromatic hydroxyl groups is 2. The Morgan fingerprint density at radius 1 is 1.17 bits per heavy atom. The number of halogens is 5. The van der Waals surface area contributed by atoms with Crippen molar-refractivity contribution in [1.82, 2.24) is 0 Å². The highest BCUT2D eigenvalue weighted by Crippen LogP contribution is 2.53. The Hall–Kier alpha value is -2.92. The molecule has 156 valence electrons. The molecule has 0 aromatic heterocycles. The number of hydrogen-bond acceptors (Lipinski definition) is 4. The van der Waals surface area contributed by atoms with E-state index in [2.05, 4.69) is 0 Å². The second kappa shape index (κ2) is 7.10. The van der Waals surface area contributed by atoms with E-state index in [0.717, 1.165) is 6.07 Å². The zero-order valence-corrected chi connectivity index (χ0v) is 15.9. The highest BCUT2D eigenvalue weighted by molar-refractivity contribution is 6.32.